The van der Waals surface area contributed by atoms with Crippen molar-refractivity contribution in [1.82, 2.24) is 15.1 Å². The third-order valence-corrected chi connectivity index (χ3v) is 3.44. The molecule has 1 heterocycles. The molecular weight excluding hydrogens is 278 g/mol. The number of ether oxygens (including phenoxy) is 1. The molecule has 2 aromatic rings. The zero-order chi connectivity index (χ0) is 15.9. The average molecular weight is 303 g/mol. The number of aliphatic hydroxyl groups is 1. The lowest BCUT2D eigenvalue weighted by atomic mass is 10.1. The van der Waals surface area contributed by atoms with Gasteiger partial charge in [0, 0.05) is 32.0 Å². The van der Waals surface area contributed by atoms with Crippen LogP contribution < -0.4 is 5.32 Å². The van der Waals surface area contributed by atoms with Gasteiger partial charge in [0.1, 0.15) is 0 Å². The molecule has 5 heteroatoms. The fraction of sp³-hybridized carbons (Fsp3) is 0.471. The first-order valence-corrected chi connectivity index (χ1v) is 7.63. The highest BCUT2D eigenvalue weighted by Gasteiger charge is 2.13. The molecule has 1 aromatic carbocycles. The Morgan fingerprint density at radius 2 is 2.00 bits per heavy atom. The molecule has 0 saturated heterocycles. The summed E-state index contributed by atoms with van der Waals surface area (Å²) in [6.45, 7) is 5.80. The first kappa shape index (κ1) is 16.7. The van der Waals surface area contributed by atoms with E-state index in [1.807, 2.05) is 35.0 Å². The van der Waals surface area contributed by atoms with Crippen LogP contribution in [-0.4, -0.2) is 41.3 Å². The summed E-state index contributed by atoms with van der Waals surface area (Å²) in [6, 6.07) is 10.1. The highest BCUT2D eigenvalue weighted by molar-refractivity contribution is 5.33. The second-order valence-corrected chi connectivity index (χ2v) is 5.71. The molecule has 22 heavy (non-hydrogen) atoms. The van der Waals surface area contributed by atoms with Gasteiger partial charge in [0.2, 0.25) is 0 Å². The van der Waals surface area contributed by atoms with Crippen LogP contribution in [0.15, 0.2) is 36.5 Å². The van der Waals surface area contributed by atoms with E-state index in [4.69, 9.17) is 9.84 Å². The molecule has 1 unspecified atom stereocenters. The Morgan fingerprint density at radius 3 is 2.64 bits per heavy atom. The van der Waals surface area contributed by atoms with E-state index >= 15 is 0 Å². The van der Waals surface area contributed by atoms with Crippen molar-refractivity contribution < 1.29 is 9.84 Å². The zero-order valence-corrected chi connectivity index (χ0v) is 13.5. The topological polar surface area (TPSA) is 59.3 Å². The van der Waals surface area contributed by atoms with Crippen molar-refractivity contribution in [2.24, 2.45) is 0 Å². The smallest absolute Gasteiger partial charge is 0.0897 e. The number of benzene rings is 1. The molecule has 5 nitrogen and oxygen atoms in total. The van der Waals surface area contributed by atoms with Gasteiger partial charge in [0.05, 0.1) is 24.1 Å². The standard InChI is InChI=1S/C17H25N3O2/c1-13(2)17-14(9-18-10-16(21)12-22-3)11-20(19-17)15-7-5-4-6-8-15/h4-8,11,13,16,18,21H,9-10,12H2,1-3H3. The van der Waals surface area contributed by atoms with E-state index in [1.54, 1.807) is 7.11 Å². The van der Waals surface area contributed by atoms with Gasteiger partial charge < -0.3 is 15.2 Å². The van der Waals surface area contributed by atoms with E-state index in [2.05, 4.69) is 25.4 Å². The van der Waals surface area contributed by atoms with E-state index in [0.717, 1.165) is 16.9 Å². The molecule has 120 valence electrons. The summed E-state index contributed by atoms with van der Waals surface area (Å²) in [5.41, 5.74) is 3.29. The number of para-hydroxylation sites is 1. The molecule has 0 radical (unpaired) electrons. The molecule has 0 fully saturated rings. The molecule has 2 rings (SSSR count). The van der Waals surface area contributed by atoms with Crippen molar-refractivity contribution in [2.75, 3.05) is 20.3 Å². The first-order valence-electron chi connectivity index (χ1n) is 7.63. The molecule has 1 aromatic heterocycles. The van der Waals surface area contributed by atoms with Crippen LogP contribution in [0.4, 0.5) is 0 Å². The third-order valence-electron chi connectivity index (χ3n) is 3.44. The average Bonchev–Trinajstić information content (AvgIpc) is 2.93. The highest BCUT2D eigenvalue weighted by atomic mass is 16.5. The van der Waals surface area contributed by atoms with Crippen LogP contribution in [0.1, 0.15) is 31.0 Å². The monoisotopic (exact) mass is 303 g/mol. The summed E-state index contributed by atoms with van der Waals surface area (Å²) in [6.07, 6.45) is 1.57. The van der Waals surface area contributed by atoms with E-state index < -0.39 is 6.10 Å². The van der Waals surface area contributed by atoms with Gasteiger partial charge in [-0.3, -0.25) is 0 Å². The molecule has 0 saturated carbocycles. The second kappa shape index (κ2) is 8.08. The van der Waals surface area contributed by atoms with Crippen LogP contribution in [-0.2, 0) is 11.3 Å². The Labute approximate surface area is 131 Å². The van der Waals surface area contributed by atoms with Gasteiger partial charge in [-0.15, -0.1) is 0 Å². The molecule has 0 amide bonds. The molecule has 0 aliphatic rings. The fourth-order valence-corrected chi connectivity index (χ4v) is 2.38. The van der Waals surface area contributed by atoms with Crippen molar-refractivity contribution in [3.63, 3.8) is 0 Å². The SMILES string of the molecule is COCC(O)CNCc1cn(-c2ccccc2)nc1C(C)C. The van der Waals surface area contributed by atoms with Crippen LogP contribution >= 0.6 is 0 Å². The zero-order valence-electron chi connectivity index (χ0n) is 13.5. The van der Waals surface area contributed by atoms with Gasteiger partial charge in [-0.1, -0.05) is 32.0 Å². The minimum absolute atomic E-state index is 0.341. The lowest BCUT2D eigenvalue weighted by molar-refractivity contribution is 0.0644. The minimum atomic E-state index is -0.489. The Hall–Kier alpha value is -1.69. The lowest BCUT2D eigenvalue weighted by Gasteiger charge is -2.11. The van der Waals surface area contributed by atoms with E-state index in [-0.39, 0.29) is 0 Å². The third kappa shape index (κ3) is 4.40. The van der Waals surface area contributed by atoms with Crippen molar-refractivity contribution in [3.8, 4) is 5.69 Å². The van der Waals surface area contributed by atoms with Gasteiger partial charge in [-0.05, 0) is 18.1 Å². The summed E-state index contributed by atoms with van der Waals surface area (Å²) in [4.78, 5) is 0. The largest absolute Gasteiger partial charge is 0.389 e. The summed E-state index contributed by atoms with van der Waals surface area (Å²) in [5.74, 6) is 0.352. The Balaban J connectivity index is 2.08. The predicted octanol–water partition coefficient (Wildman–Crippen LogP) is 2.09. The quantitative estimate of drug-likeness (QED) is 0.784. The number of aliphatic hydroxyl groups excluding tert-OH is 1. The van der Waals surface area contributed by atoms with Gasteiger partial charge in [0.15, 0.2) is 0 Å². The number of aromatic nitrogens is 2. The van der Waals surface area contributed by atoms with Crippen molar-refractivity contribution >= 4 is 0 Å². The minimum Gasteiger partial charge on any atom is -0.389 e. The van der Waals surface area contributed by atoms with Gasteiger partial charge >= 0.3 is 0 Å². The second-order valence-electron chi connectivity index (χ2n) is 5.71. The van der Waals surface area contributed by atoms with Crippen LogP contribution in [0.25, 0.3) is 5.69 Å². The van der Waals surface area contributed by atoms with Crippen LogP contribution in [0, 0.1) is 0 Å². The Morgan fingerprint density at radius 1 is 1.27 bits per heavy atom. The summed E-state index contributed by atoms with van der Waals surface area (Å²) >= 11 is 0. The summed E-state index contributed by atoms with van der Waals surface area (Å²) in [7, 11) is 1.59. The summed E-state index contributed by atoms with van der Waals surface area (Å²) in [5, 5.41) is 17.6. The molecule has 0 aliphatic carbocycles. The van der Waals surface area contributed by atoms with Gasteiger partial charge in [-0.2, -0.15) is 5.10 Å². The molecule has 1 atom stereocenters. The van der Waals surface area contributed by atoms with Gasteiger partial charge in [-0.25, -0.2) is 4.68 Å². The number of hydrogen-bond donors (Lipinski definition) is 2. The van der Waals surface area contributed by atoms with E-state index in [0.29, 0.717) is 25.6 Å². The predicted molar refractivity (Wildman–Crippen MR) is 87.2 cm³/mol. The number of nitrogens with one attached hydrogen (secondary N) is 1. The van der Waals surface area contributed by atoms with Crippen LogP contribution in [0.5, 0.6) is 0 Å². The molecule has 0 bridgehead atoms. The first-order chi connectivity index (χ1) is 10.6. The fourth-order valence-electron chi connectivity index (χ4n) is 2.38. The maximum atomic E-state index is 9.68. The maximum absolute atomic E-state index is 9.68. The lowest BCUT2D eigenvalue weighted by Crippen LogP contribution is -2.29. The summed E-state index contributed by atoms with van der Waals surface area (Å²) < 4.78 is 6.84. The van der Waals surface area contributed by atoms with Crippen LogP contribution in [0.3, 0.4) is 0 Å². The van der Waals surface area contributed by atoms with E-state index in [1.165, 1.54) is 0 Å². The van der Waals surface area contributed by atoms with Crippen molar-refractivity contribution in [3.05, 3.63) is 47.8 Å². The van der Waals surface area contributed by atoms with E-state index in [9.17, 15) is 5.11 Å². The number of methoxy groups -OCH3 is 1. The molecule has 0 aliphatic heterocycles. The molecule has 0 spiro atoms. The number of hydrogen-bond acceptors (Lipinski definition) is 4. The van der Waals surface area contributed by atoms with Crippen molar-refractivity contribution in [1.29, 1.82) is 0 Å². The normalized spacial score (nSPS) is 12.8. The molecule has 2 N–H and O–H groups in total. The maximum Gasteiger partial charge on any atom is 0.0897 e. The Kier molecular flexibility index (Phi) is 6.12. The van der Waals surface area contributed by atoms with Crippen molar-refractivity contribution in [2.45, 2.75) is 32.4 Å². The number of nitrogens with zero attached hydrogens (tertiary/aromatic N) is 2. The van der Waals surface area contributed by atoms with Crippen LogP contribution in [0.2, 0.25) is 0 Å². The number of rotatable bonds is 8. The Bertz CT molecular complexity index is 567. The molecular formula is C17H25N3O2. The van der Waals surface area contributed by atoms with Gasteiger partial charge in [0.25, 0.3) is 0 Å². The highest BCUT2D eigenvalue weighted by Crippen LogP contribution is 2.19.